The number of aliphatic imine (C=N–C) groups is 1. The molecular formula is C25H18N2O5S. The van der Waals surface area contributed by atoms with Crippen molar-refractivity contribution in [2.45, 2.75) is 0 Å². The molecule has 0 bridgehead atoms. The van der Waals surface area contributed by atoms with Gasteiger partial charge in [-0.3, -0.25) is 4.79 Å². The van der Waals surface area contributed by atoms with E-state index in [0.29, 0.717) is 10.1 Å². The summed E-state index contributed by atoms with van der Waals surface area (Å²) in [5, 5.41) is 18.6. The van der Waals surface area contributed by atoms with E-state index in [1.807, 2.05) is 24.3 Å². The summed E-state index contributed by atoms with van der Waals surface area (Å²) in [4.78, 5) is 40.8. The molecule has 8 heteroatoms. The highest BCUT2D eigenvalue weighted by atomic mass is 32.2. The van der Waals surface area contributed by atoms with Gasteiger partial charge in [-0.25, -0.2) is 9.59 Å². The van der Waals surface area contributed by atoms with Gasteiger partial charge in [-0.1, -0.05) is 36.4 Å². The number of hydrogen-bond donors (Lipinski definition) is 2. The second kappa shape index (κ2) is 9.13. The number of aromatic carboxylic acids is 2. The number of thioether (sulfide) groups is 1. The second-order valence-electron chi connectivity index (χ2n) is 7.23. The Morgan fingerprint density at radius 3 is 1.82 bits per heavy atom. The van der Waals surface area contributed by atoms with E-state index in [1.54, 1.807) is 54.4 Å². The van der Waals surface area contributed by atoms with E-state index in [0.717, 1.165) is 22.4 Å². The van der Waals surface area contributed by atoms with E-state index < -0.39 is 11.9 Å². The van der Waals surface area contributed by atoms with Crippen LogP contribution in [0.25, 0.3) is 17.2 Å². The summed E-state index contributed by atoms with van der Waals surface area (Å²) in [6.45, 7) is 0. The number of amidine groups is 1. The van der Waals surface area contributed by atoms with E-state index in [2.05, 4.69) is 4.99 Å². The highest BCUT2D eigenvalue weighted by Crippen LogP contribution is 2.32. The van der Waals surface area contributed by atoms with Gasteiger partial charge < -0.3 is 15.1 Å². The molecule has 0 spiro atoms. The van der Waals surface area contributed by atoms with E-state index in [4.69, 9.17) is 10.2 Å². The minimum atomic E-state index is -1.000. The van der Waals surface area contributed by atoms with Crippen molar-refractivity contribution in [3.63, 3.8) is 0 Å². The predicted molar refractivity (Wildman–Crippen MR) is 129 cm³/mol. The number of benzene rings is 3. The zero-order chi connectivity index (χ0) is 23.5. The molecule has 1 aliphatic rings. The summed E-state index contributed by atoms with van der Waals surface area (Å²) in [5.74, 6) is -2.30. The lowest BCUT2D eigenvalue weighted by molar-refractivity contribution is -0.113. The molecule has 0 saturated carbocycles. The van der Waals surface area contributed by atoms with Gasteiger partial charge in [-0.2, -0.15) is 4.99 Å². The van der Waals surface area contributed by atoms with Crippen LogP contribution in [0.4, 0.5) is 5.69 Å². The van der Waals surface area contributed by atoms with Crippen LogP contribution < -0.4 is 4.90 Å². The molecule has 1 heterocycles. The maximum Gasteiger partial charge on any atom is 0.335 e. The van der Waals surface area contributed by atoms with Gasteiger partial charge in [0.1, 0.15) is 0 Å². The first-order chi connectivity index (χ1) is 15.8. The Morgan fingerprint density at radius 1 is 0.818 bits per heavy atom. The fraction of sp³-hybridized carbons (Fsp3) is 0.0400. The zero-order valence-corrected chi connectivity index (χ0v) is 18.2. The largest absolute Gasteiger partial charge is 0.478 e. The molecule has 1 amide bonds. The molecule has 164 valence electrons. The summed E-state index contributed by atoms with van der Waals surface area (Å²) in [5.41, 5.74) is 3.80. The molecule has 0 aliphatic carbocycles. The first kappa shape index (κ1) is 22.0. The maximum absolute atomic E-state index is 12.4. The molecule has 33 heavy (non-hydrogen) atoms. The van der Waals surface area contributed by atoms with Crippen LogP contribution in [-0.2, 0) is 4.79 Å². The number of carboxylic acids is 2. The van der Waals surface area contributed by atoms with Crippen molar-refractivity contribution >= 4 is 46.5 Å². The molecule has 0 radical (unpaired) electrons. The maximum atomic E-state index is 12.4. The Balaban J connectivity index is 1.47. The molecule has 7 nitrogen and oxygen atoms in total. The number of carbonyl (C=O) groups is 3. The van der Waals surface area contributed by atoms with Crippen LogP contribution in [0.1, 0.15) is 26.3 Å². The third-order valence-corrected chi connectivity index (χ3v) is 6.13. The molecule has 0 aromatic heterocycles. The van der Waals surface area contributed by atoms with Gasteiger partial charge in [0.05, 0.1) is 16.0 Å². The topological polar surface area (TPSA) is 107 Å². The lowest BCUT2D eigenvalue weighted by Crippen LogP contribution is -2.22. The second-order valence-corrected chi connectivity index (χ2v) is 8.23. The van der Waals surface area contributed by atoms with Crippen molar-refractivity contribution < 1.29 is 24.6 Å². The molecule has 0 fully saturated rings. The standard InChI is InChI=1S/C25H18N2O5S/c1-27(20-12-10-19(11-13-20)24(31)32)25-26-22(28)21(33-25)14-15-2-4-16(5-3-15)17-6-8-18(9-7-17)23(29)30/h2-14H,1H3,(H,29,30)(H,31,32)/b21-14-. The van der Waals surface area contributed by atoms with Gasteiger partial charge >= 0.3 is 11.9 Å². The van der Waals surface area contributed by atoms with Gasteiger partial charge in [0.25, 0.3) is 5.91 Å². The third kappa shape index (κ3) is 4.86. The molecule has 1 aliphatic heterocycles. The minimum Gasteiger partial charge on any atom is -0.478 e. The molecular weight excluding hydrogens is 440 g/mol. The van der Waals surface area contributed by atoms with Gasteiger partial charge in [-0.05, 0) is 70.9 Å². The molecule has 3 aromatic rings. The normalized spacial score (nSPS) is 14.3. The van der Waals surface area contributed by atoms with E-state index in [1.165, 1.54) is 23.9 Å². The van der Waals surface area contributed by atoms with E-state index in [9.17, 15) is 14.4 Å². The summed E-state index contributed by atoms with van der Waals surface area (Å²) in [6.07, 6.45) is 1.77. The number of rotatable bonds is 5. The van der Waals surface area contributed by atoms with Gasteiger partial charge in [-0.15, -0.1) is 0 Å². The van der Waals surface area contributed by atoms with Crippen LogP contribution in [0.3, 0.4) is 0 Å². The number of carbonyl (C=O) groups excluding carboxylic acids is 1. The lowest BCUT2D eigenvalue weighted by atomic mass is 10.0. The Kier molecular flexibility index (Phi) is 6.10. The van der Waals surface area contributed by atoms with E-state index in [-0.39, 0.29) is 17.0 Å². The molecule has 0 saturated heterocycles. The number of amides is 1. The van der Waals surface area contributed by atoms with Gasteiger partial charge in [0, 0.05) is 12.7 Å². The van der Waals surface area contributed by atoms with Gasteiger partial charge in [0.15, 0.2) is 5.17 Å². The summed E-state index contributed by atoms with van der Waals surface area (Å²) in [7, 11) is 1.77. The Bertz CT molecular complexity index is 1290. The Labute approximate surface area is 193 Å². The van der Waals surface area contributed by atoms with Crippen LogP contribution in [-0.4, -0.2) is 40.3 Å². The van der Waals surface area contributed by atoms with Crippen molar-refractivity contribution in [3.8, 4) is 11.1 Å². The third-order valence-electron chi connectivity index (χ3n) is 5.07. The smallest absolute Gasteiger partial charge is 0.335 e. The van der Waals surface area contributed by atoms with Gasteiger partial charge in [0.2, 0.25) is 0 Å². The quantitative estimate of drug-likeness (QED) is 0.526. The average molecular weight is 458 g/mol. The number of carboxylic acid groups (broad SMARTS) is 2. The zero-order valence-electron chi connectivity index (χ0n) is 17.4. The first-order valence-corrected chi connectivity index (χ1v) is 10.7. The fourth-order valence-electron chi connectivity index (χ4n) is 3.21. The molecule has 3 aromatic carbocycles. The monoisotopic (exact) mass is 458 g/mol. The molecule has 0 unspecified atom stereocenters. The van der Waals surface area contributed by atoms with Crippen LogP contribution in [0, 0.1) is 0 Å². The van der Waals surface area contributed by atoms with Crippen LogP contribution in [0.15, 0.2) is 82.7 Å². The van der Waals surface area contributed by atoms with E-state index >= 15 is 0 Å². The molecule has 0 atom stereocenters. The fourth-order valence-corrected chi connectivity index (χ4v) is 4.10. The van der Waals surface area contributed by atoms with Crippen LogP contribution in [0.2, 0.25) is 0 Å². The SMILES string of the molecule is CN(C1=NC(=O)/C(=C/c2ccc(-c3ccc(C(=O)O)cc3)cc2)S1)c1ccc(C(=O)O)cc1. The lowest BCUT2D eigenvalue weighted by Gasteiger charge is -2.17. The van der Waals surface area contributed by atoms with Crippen molar-refractivity contribution in [2.75, 3.05) is 11.9 Å². The number of anilines is 1. The Hall–Kier alpha value is -4.17. The van der Waals surface area contributed by atoms with Crippen molar-refractivity contribution in [1.82, 2.24) is 0 Å². The highest BCUT2D eigenvalue weighted by molar-refractivity contribution is 8.18. The van der Waals surface area contributed by atoms with Crippen LogP contribution in [0.5, 0.6) is 0 Å². The van der Waals surface area contributed by atoms with Crippen molar-refractivity contribution in [2.24, 2.45) is 4.99 Å². The molecule has 2 N–H and O–H groups in total. The number of hydrogen-bond acceptors (Lipinski definition) is 5. The minimum absolute atomic E-state index is 0.186. The summed E-state index contributed by atoms with van der Waals surface area (Å²) >= 11 is 1.25. The van der Waals surface area contributed by atoms with Crippen LogP contribution >= 0.6 is 11.8 Å². The average Bonchev–Trinajstić information content (AvgIpc) is 3.19. The predicted octanol–water partition coefficient (Wildman–Crippen LogP) is 4.86. The van der Waals surface area contributed by atoms with Crippen molar-refractivity contribution in [3.05, 3.63) is 94.4 Å². The summed E-state index contributed by atoms with van der Waals surface area (Å²) in [6, 6.07) is 20.6. The molecule has 4 rings (SSSR count). The Morgan fingerprint density at radius 2 is 1.30 bits per heavy atom. The highest BCUT2D eigenvalue weighted by Gasteiger charge is 2.25. The van der Waals surface area contributed by atoms with Crippen molar-refractivity contribution in [1.29, 1.82) is 0 Å². The summed E-state index contributed by atoms with van der Waals surface area (Å²) < 4.78 is 0. The number of nitrogens with zero attached hydrogens (tertiary/aromatic N) is 2. The first-order valence-electron chi connectivity index (χ1n) is 9.85.